The number of hydrogen-bond donors (Lipinski definition) is 1. The molecule has 2 aromatic rings. The summed E-state index contributed by atoms with van der Waals surface area (Å²) in [5, 5.41) is 11.3. The Morgan fingerprint density at radius 3 is 2.42 bits per heavy atom. The molecule has 3 rings (SSSR count). The molecule has 26 heavy (non-hydrogen) atoms. The van der Waals surface area contributed by atoms with Crippen LogP contribution in [-0.4, -0.2) is 45.8 Å². The molecule has 140 valence electrons. The second kappa shape index (κ2) is 7.43. The van der Waals surface area contributed by atoms with Crippen LogP contribution in [0.3, 0.4) is 0 Å². The summed E-state index contributed by atoms with van der Waals surface area (Å²) in [6, 6.07) is 11.1. The van der Waals surface area contributed by atoms with Crippen LogP contribution >= 0.6 is 0 Å². The van der Waals surface area contributed by atoms with Gasteiger partial charge in [0.2, 0.25) is 0 Å². The van der Waals surface area contributed by atoms with E-state index in [9.17, 15) is 5.11 Å². The van der Waals surface area contributed by atoms with E-state index in [4.69, 9.17) is 23.7 Å². The lowest BCUT2D eigenvalue weighted by atomic mass is 9.83. The van der Waals surface area contributed by atoms with Crippen LogP contribution in [0.2, 0.25) is 0 Å². The Hall–Kier alpha value is -2.44. The average molecular weight is 360 g/mol. The van der Waals surface area contributed by atoms with E-state index in [0.29, 0.717) is 29.4 Å². The Labute approximate surface area is 153 Å². The van der Waals surface area contributed by atoms with Crippen LogP contribution in [0.5, 0.6) is 23.0 Å². The Bertz CT molecular complexity index is 775. The van der Waals surface area contributed by atoms with E-state index in [2.05, 4.69) is 0 Å². The normalized spacial score (nSPS) is 21.5. The molecule has 0 fully saturated rings. The maximum Gasteiger partial charge on any atom is 0.160 e. The van der Waals surface area contributed by atoms with E-state index >= 15 is 0 Å². The molecule has 6 heteroatoms. The average Bonchev–Trinajstić information content (AvgIpc) is 2.67. The van der Waals surface area contributed by atoms with Crippen molar-refractivity contribution < 1.29 is 28.8 Å². The fourth-order valence-electron chi connectivity index (χ4n) is 3.39. The van der Waals surface area contributed by atoms with Crippen molar-refractivity contribution in [2.45, 2.75) is 18.1 Å². The van der Waals surface area contributed by atoms with Crippen molar-refractivity contribution in [1.82, 2.24) is 0 Å². The first-order valence-corrected chi connectivity index (χ1v) is 8.31. The molecule has 0 radical (unpaired) electrons. The third kappa shape index (κ3) is 3.30. The van der Waals surface area contributed by atoms with Gasteiger partial charge in [-0.2, -0.15) is 0 Å². The quantitative estimate of drug-likeness (QED) is 0.854. The third-order valence-electron chi connectivity index (χ3n) is 4.66. The topological polar surface area (TPSA) is 66.4 Å². The van der Waals surface area contributed by atoms with E-state index in [1.807, 2.05) is 30.3 Å². The predicted octanol–water partition coefficient (Wildman–Crippen LogP) is 2.77. The summed E-state index contributed by atoms with van der Waals surface area (Å²) in [6.07, 6.45) is -0.178. The molecule has 0 saturated heterocycles. The molecule has 1 aliphatic heterocycles. The van der Waals surface area contributed by atoms with Crippen molar-refractivity contribution in [2.75, 3.05) is 35.0 Å². The lowest BCUT2D eigenvalue weighted by Gasteiger charge is -2.40. The molecule has 2 atom stereocenters. The SMILES string of the molecule is COc1ccc2c(c1)OC[C@](O)(Cc1ccc(OC)c(OC)c1)[C@H]2OC. The highest BCUT2D eigenvalue weighted by Gasteiger charge is 2.44. The summed E-state index contributed by atoms with van der Waals surface area (Å²) in [6.45, 7) is 0.111. The van der Waals surface area contributed by atoms with Gasteiger partial charge in [0.15, 0.2) is 11.5 Å². The molecule has 0 bridgehead atoms. The number of aliphatic hydroxyl groups is 1. The van der Waals surface area contributed by atoms with Gasteiger partial charge in [-0.25, -0.2) is 0 Å². The van der Waals surface area contributed by atoms with Crippen LogP contribution in [0.4, 0.5) is 0 Å². The number of methoxy groups -OCH3 is 4. The number of rotatable bonds is 6. The fourth-order valence-corrected chi connectivity index (χ4v) is 3.39. The number of benzene rings is 2. The molecular formula is C20H24O6. The highest BCUT2D eigenvalue weighted by molar-refractivity contribution is 5.46. The van der Waals surface area contributed by atoms with Crippen molar-refractivity contribution in [3.63, 3.8) is 0 Å². The summed E-state index contributed by atoms with van der Waals surface area (Å²) < 4.78 is 27.3. The minimum atomic E-state index is -1.21. The van der Waals surface area contributed by atoms with Gasteiger partial charge in [-0.3, -0.25) is 0 Å². The van der Waals surface area contributed by atoms with Crippen LogP contribution in [-0.2, 0) is 11.2 Å². The van der Waals surface area contributed by atoms with E-state index in [1.54, 1.807) is 34.5 Å². The Morgan fingerprint density at radius 2 is 1.77 bits per heavy atom. The van der Waals surface area contributed by atoms with Gasteiger partial charge >= 0.3 is 0 Å². The molecule has 0 amide bonds. The minimum Gasteiger partial charge on any atom is -0.497 e. The molecule has 1 heterocycles. The molecule has 1 N–H and O–H groups in total. The Morgan fingerprint density at radius 1 is 1.00 bits per heavy atom. The molecule has 0 spiro atoms. The highest BCUT2D eigenvalue weighted by Crippen LogP contribution is 2.43. The lowest BCUT2D eigenvalue weighted by molar-refractivity contribution is -0.129. The van der Waals surface area contributed by atoms with E-state index in [1.165, 1.54) is 0 Å². The number of hydrogen-bond acceptors (Lipinski definition) is 6. The molecule has 2 aromatic carbocycles. The Balaban J connectivity index is 1.91. The third-order valence-corrected chi connectivity index (χ3v) is 4.66. The molecule has 0 saturated carbocycles. The van der Waals surface area contributed by atoms with Crippen LogP contribution in [0.15, 0.2) is 36.4 Å². The number of ether oxygens (including phenoxy) is 5. The fraction of sp³-hybridized carbons (Fsp3) is 0.400. The van der Waals surface area contributed by atoms with Gasteiger partial charge in [-0.1, -0.05) is 6.07 Å². The van der Waals surface area contributed by atoms with Crippen molar-refractivity contribution in [2.24, 2.45) is 0 Å². The van der Waals surface area contributed by atoms with Gasteiger partial charge in [0, 0.05) is 25.2 Å². The second-order valence-electron chi connectivity index (χ2n) is 6.28. The predicted molar refractivity (Wildman–Crippen MR) is 96.4 cm³/mol. The second-order valence-corrected chi connectivity index (χ2v) is 6.28. The molecule has 0 unspecified atom stereocenters. The van der Waals surface area contributed by atoms with Gasteiger partial charge < -0.3 is 28.8 Å². The number of fused-ring (bicyclic) bond motifs is 1. The maximum atomic E-state index is 11.3. The minimum absolute atomic E-state index is 0.111. The summed E-state index contributed by atoms with van der Waals surface area (Å²) in [5.74, 6) is 2.62. The largest absolute Gasteiger partial charge is 0.497 e. The zero-order valence-electron chi connectivity index (χ0n) is 15.4. The molecule has 6 nitrogen and oxygen atoms in total. The van der Waals surface area contributed by atoms with Crippen molar-refractivity contribution in [3.05, 3.63) is 47.5 Å². The first kappa shape index (κ1) is 18.4. The Kier molecular flexibility index (Phi) is 5.25. The van der Waals surface area contributed by atoms with E-state index in [-0.39, 0.29) is 6.61 Å². The first-order chi connectivity index (χ1) is 12.5. The van der Waals surface area contributed by atoms with Gasteiger partial charge in [-0.15, -0.1) is 0 Å². The monoisotopic (exact) mass is 360 g/mol. The zero-order chi connectivity index (χ0) is 18.7. The van der Waals surface area contributed by atoms with Crippen molar-refractivity contribution in [1.29, 1.82) is 0 Å². The van der Waals surface area contributed by atoms with Crippen molar-refractivity contribution in [3.8, 4) is 23.0 Å². The van der Waals surface area contributed by atoms with Crippen LogP contribution in [0.25, 0.3) is 0 Å². The summed E-state index contributed by atoms with van der Waals surface area (Å²) >= 11 is 0. The molecule has 0 aliphatic carbocycles. The zero-order valence-corrected chi connectivity index (χ0v) is 15.4. The van der Waals surface area contributed by atoms with E-state index in [0.717, 1.165) is 11.1 Å². The van der Waals surface area contributed by atoms with Gasteiger partial charge in [0.25, 0.3) is 0 Å². The maximum absolute atomic E-state index is 11.3. The summed E-state index contributed by atoms with van der Waals surface area (Å²) in [4.78, 5) is 0. The van der Waals surface area contributed by atoms with Crippen molar-refractivity contribution >= 4 is 0 Å². The standard InChI is InChI=1S/C20H24O6/c1-22-14-6-7-15-17(10-14)26-12-20(21,19(15)25-4)11-13-5-8-16(23-2)18(9-13)24-3/h5-10,19,21H,11-12H2,1-4H3/t19-,20+/m0/s1. The van der Waals surface area contributed by atoms with Crippen LogP contribution in [0.1, 0.15) is 17.2 Å². The van der Waals surface area contributed by atoms with Gasteiger partial charge in [0.1, 0.15) is 29.8 Å². The highest BCUT2D eigenvalue weighted by atomic mass is 16.5. The van der Waals surface area contributed by atoms with Gasteiger partial charge in [-0.05, 0) is 29.8 Å². The lowest BCUT2D eigenvalue weighted by Crippen LogP contribution is -2.48. The summed E-state index contributed by atoms with van der Waals surface area (Å²) in [7, 11) is 6.36. The molecule has 1 aliphatic rings. The molecular weight excluding hydrogens is 336 g/mol. The first-order valence-electron chi connectivity index (χ1n) is 8.31. The van der Waals surface area contributed by atoms with Gasteiger partial charge in [0.05, 0.1) is 21.3 Å². The summed E-state index contributed by atoms with van der Waals surface area (Å²) in [5.41, 5.74) is 0.478. The van der Waals surface area contributed by atoms with Crippen LogP contribution < -0.4 is 18.9 Å². The smallest absolute Gasteiger partial charge is 0.160 e. The van der Waals surface area contributed by atoms with E-state index < -0.39 is 11.7 Å². The molecule has 0 aromatic heterocycles. The van der Waals surface area contributed by atoms with Crippen LogP contribution in [0, 0.1) is 0 Å².